The summed E-state index contributed by atoms with van der Waals surface area (Å²) in [6.45, 7) is 0. The smallest absolute Gasteiger partial charge is 0.342 e. The quantitative estimate of drug-likeness (QED) is 0.632. The van der Waals surface area contributed by atoms with Gasteiger partial charge < -0.3 is 20.9 Å². The molecule has 2 aromatic rings. The predicted octanol–water partition coefficient (Wildman–Crippen LogP) is 1.65. The molecule has 1 aromatic heterocycles. The molecule has 0 atom stereocenters. The first kappa shape index (κ1) is 16.3. The normalized spacial score (nSPS) is 10.1. The first-order valence-electron chi connectivity index (χ1n) is 6.00. The number of nitrogens with zero attached hydrogens (tertiary/aromatic N) is 1. The molecule has 0 saturated heterocycles. The molecule has 0 unspecified atom stereocenters. The number of hydrogen-bond acceptors (Lipinski definition) is 5. The number of halogens is 1. The molecule has 0 saturated carbocycles. The molecular formula is C14H8BrN3O5. The number of carboxylic acid groups (broad SMARTS) is 2. The largest absolute Gasteiger partial charge is 0.478 e. The summed E-state index contributed by atoms with van der Waals surface area (Å²) in [5.41, 5.74) is 2.65. The lowest BCUT2D eigenvalue weighted by atomic mass is 9.92. The van der Waals surface area contributed by atoms with E-state index in [-0.39, 0.29) is 11.1 Å². The van der Waals surface area contributed by atoms with Gasteiger partial charge in [0.25, 0.3) is 5.56 Å². The Hall–Kier alpha value is -3.12. The second-order valence-electron chi connectivity index (χ2n) is 4.38. The first-order valence-corrected chi connectivity index (χ1v) is 6.80. The maximum atomic E-state index is 11.9. The number of carbonyl (C=O) groups is 2. The molecule has 1 heterocycles. The summed E-state index contributed by atoms with van der Waals surface area (Å²) < 4.78 is 0.323. The lowest BCUT2D eigenvalue weighted by Gasteiger charge is -2.13. The van der Waals surface area contributed by atoms with E-state index in [1.54, 1.807) is 0 Å². The van der Waals surface area contributed by atoms with E-state index < -0.39 is 40.0 Å². The van der Waals surface area contributed by atoms with Crippen LogP contribution in [0.5, 0.6) is 0 Å². The van der Waals surface area contributed by atoms with E-state index in [9.17, 15) is 29.9 Å². The minimum Gasteiger partial charge on any atom is -0.478 e. The Kier molecular flexibility index (Phi) is 4.20. The summed E-state index contributed by atoms with van der Waals surface area (Å²) in [6, 6.07) is 6.20. The summed E-state index contributed by atoms with van der Waals surface area (Å²) >= 11 is 3.13. The van der Waals surface area contributed by atoms with Crippen LogP contribution in [-0.4, -0.2) is 27.1 Å². The van der Waals surface area contributed by atoms with Crippen LogP contribution in [0.2, 0.25) is 0 Å². The number of anilines is 1. The number of nitrogen functional groups attached to an aromatic ring is 1. The lowest BCUT2D eigenvalue weighted by Crippen LogP contribution is -2.24. The van der Waals surface area contributed by atoms with Gasteiger partial charge in [-0.3, -0.25) is 4.79 Å². The number of H-pyrrole nitrogens is 1. The molecule has 0 bridgehead atoms. The van der Waals surface area contributed by atoms with Crippen molar-refractivity contribution in [3.8, 4) is 17.2 Å². The fourth-order valence-corrected chi connectivity index (χ4v) is 2.62. The van der Waals surface area contributed by atoms with Crippen LogP contribution in [0.4, 0.5) is 5.82 Å². The number of hydrogen-bond donors (Lipinski definition) is 4. The number of carboxylic acids is 2. The van der Waals surface area contributed by atoms with Crippen molar-refractivity contribution in [1.82, 2.24) is 4.98 Å². The van der Waals surface area contributed by atoms with Gasteiger partial charge in [0.05, 0.1) is 5.56 Å². The Morgan fingerprint density at radius 3 is 2.35 bits per heavy atom. The molecule has 0 amide bonds. The van der Waals surface area contributed by atoms with Crippen LogP contribution in [0.15, 0.2) is 27.5 Å². The Labute approximate surface area is 136 Å². The molecule has 116 valence electrons. The lowest BCUT2D eigenvalue weighted by molar-refractivity contribution is 0.0695. The van der Waals surface area contributed by atoms with Crippen molar-refractivity contribution in [2.24, 2.45) is 0 Å². The maximum absolute atomic E-state index is 11.9. The second kappa shape index (κ2) is 5.94. The van der Waals surface area contributed by atoms with E-state index in [0.717, 1.165) is 0 Å². The molecule has 9 heteroatoms. The minimum absolute atomic E-state index is 0.0116. The van der Waals surface area contributed by atoms with Crippen molar-refractivity contribution in [2.45, 2.75) is 0 Å². The number of benzene rings is 1. The molecule has 23 heavy (non-hydrogen) atoms. The van der Waals surface area contributed by atoms with Crippen LogP contribution in [0.3, 0.4) is 0 Å². The highest BCUT2D eigenvalue weighted by Crippen LogP contribution is 2.34. The number of rotatable bonds is 3. The summed E-state index contributed by atoms with van der Waals surface area (Å²) in [6.07, 6.45) is 0. The number of pyridine rings is 1. The van der Waals surface area contributed by atoms with Crippen molar-refractivity contribution in [2.75, 3.05) is 5.73 Å². The second-order valence-corrected chi connectivity index (χ2v) is 5.23. The number of nitriles is 1. The van der Waals surface area contributed by atoms with E-state index >= 15 is 0 Å². The van der Waals surface area contributed by atoms with Gasteiger partial charge in [-0.2, -0.15) is 5.26 Å². The predicted molar refractivity (Wildman–Crippen MR) is 83.2 cm³/mol. The molecular weight excluding hydrogens is 370 g/mol. The Morgan fingerprint density at radius 2 is 1.83 bits per heavy atom. The van der Waals surface area contributed by atoms with Crippen LogP contribution < -0.4 is 11.3 Å². The van der Waals surface area contributed by atoms with Gasteiger partial charge >= 0.3 is 11.9 Å². The SMILES string of the molecule is N#Cc1c(Br)cccc1-c1c(C(=O)O)c(N)[nH]c(=O)c1C(=O)O. The first-order chi connectivity index (χ1) is 10.8. The van der Waals surface area contributed by atoms with Gasteiger partial charge in [-0.05, 0) is 22.0 Å². The van der Waals surface area contributed by atoms with Crippen molar-refractivity contribution in [3.63, 3.8) is 0 Å². The van der Waals surface area contributed by atoms with Crippen LogP contribution in [0.25, 0.3) is 11.1 Å². The van der Waals surface area contributed by atoms with Gasteiger partial charge in [-0.15, -0.1) is 0 Å². The van der Waals surface area contributed by atoms with Gasteiger partial charge in [0.1, 0.15) is 23.0 Å². The van der Waals surface area contributed by atoms with Gasteiger partial charge in [0, 0.05) is 15.6 Å². The van der Waals surface area contributed by atoms with Crippen LogP contribution in [0.1, 0.15) is 26.3 Å². The average Bonchev–Trinajstić information content (AvgIpc) is 2.45. The minimum atomic E-state index is -1.63. The van der Waals surface area contributed by atoms with Gasteiger partial charge in [-0.1, -0.05) is 12.1 Å². The summed E-state index contributed by atoms with van der Waals surface area (Å²) in [5.74, 6) is -3.65. The zero-order chi connectivity index (χ0) is 17.3. The fourth-order valence-electron chi connectivity index (χ4n) is 2.16. The number of aromatic carboxylic acids is 2. The molecule has 0 spiro atoms. The zero-order valence-corrected chi connectivity index (χ0v) is 12.8. The van der Waals surface area contributed by atoms with E-state index in [1.165, 1.54) is 18.2 Å². The van der Waals surface area contributed by atoms with E-state index in [1.807, 2.05) is 11.1 Å². The summed E-state index contributed by atoms with van der Waals surface area (Å²) in [5, 5.41) is 27.9. The van der Waals surface area contributed by atoms with E-state index in [0.29, 0.717) is 4.47 Å². The standard InChI is InChI=1S/C14H8BrN3O5/c15-7-3-1-2-5(6(7)4-16)8-9(13(20)21)11(17)18-12(19)10(8)14(22)23/h1-3H,(H,20,21)(H,22,23)(H3,17,18,19). The fraction of sp³-hybridized carbons (Fsp3) is 0. The molecule has 0 aliphatic carbocycles. The molecule has 5 N–H and O–H groups in total. The number of aromatic amines is 1. The topological polar surface area (TPSA) is 157 Å². The Balaban J connectivity index is 3.11. The average molecular weight is 378 g/mol. The maximum Gasteiger partial charge on any atom is 0.342 e. The zero-order valence-electron chi connectivity index (χ0n) is 11.3. The third-order valence-corrected chi connectivity index (χ3v) is 3.73. The number of aromatic nitrogens is 1. The third kappa shape index (κ3) is 2.67. The van der Waals surface area contributed by atoms with Gasteiger partial charge in [0.15, 0.2) is 0 Å². The summed E-state index contributed by atoms with van der Waals surface area (Å²) in [4.78, 5) is 36.9. The number of nitrogens with two attached hydrogens (primary N) is 1. The third-order valence-electron chi connectivity index (χ3n) is 3.07. The molecule has 0 radical (unpaired) electrons. The monoisotopic (exact) mass is 377 g/mol. The molecule has 2 rings (SSSR count). The molecule has 0 fully saturated rings. The van der Waals surface area contributed by atoms with Crippen LogP contribution in [-0.2, 0) is 0 Å². The van der Waals surface area contributed by atoms with Crippen LogP contribution >= 0.6 is 15.9 Å². The molecule has 0 aliphatic heterocycles. The van der Waals surface area contributed by atoms with E-state index in [4.69, 9.17) is 5.73 Å². The van der Waals surface area contributed by atoms with Crippen molar-refractivity contribution < 1.29 is 19.8 Å². The highest BCUT2D eigenvalue weighted by molar-refractivity contribution is 9.10. The number of nitrogens with one attached hydrogen (secondary N) is 1. The van der Waals surface area contributed by atoms with Crippen molar-refractivity contribution >= 4 is 33.7 Å². The van der Waals surface area contributed by atoms with Gasteiger partial charge in [0.2, 0.25) is 0 Å². The van der Waals surface area contributed by atoms with Crippen molar-refractivity contribution in [3.05, 3.63) is 49.7 Å². The van der Waals surface area contributed by atoms with Crippen molar-refractivity contribution in [1.29, 1.82) is 5.26 Å². The molecule has 1 aromatic carbocycles. The van der Waals surface area contributed by atoms with Crippen LogP contribution in [0, 0.1) is 11.3 Å². The highest BCUT2D eigenvalue weighted by atomic mass is 79.9. The molecule has 8 nitrogen and oxygen atoms in total. The highest BCUT2D eigenvalue weighted by Gasteiger charge is 2.28. The molecule has 0 aliphatic rings. The van der Waals surface area contributed by atoms with E-state index in [2.05, 4.69) is 15.9 Å². The van der Waals surface area contributed by atoms with Gasteiger partial charge in [-0.25, -0.2) is 9.59 Å². The summed E-state index contributed by atoms with van der Waals surface area (Å²) in [7, 11) is 0. The Bertz CT molecular complexity index is 943. The Morgan fingerprint density at radius 1 is 1.22 bits per heavy atom.